The van der Waals surface area contributed by atoms with Crippen molar-refractivity contribution >= 4 is 44.0 Å². The monoisotopic (exact) mass is 312 g/mol. The summed E-state index contributed by atoms with van der Waals surface area (Å²) < 4.78 is 0.853. The fourth-order valence-corrected chi connectivity index (χ4v) is 2.11. The average molecular weight is 313 g/mol. The number of anilines is 2. The number of aromatic nitrogens is 2. The Morgan fingerprint density at radius 2 is 2.24 bits per heavy atom. The molecule has 5 nitrogen and oxygen atoms in total. The normalized spacial score (nSPS) is 10.2. The van der Waals surface area contributed by atoms with E-state index in [9.17, 15) is 4.79 Å². The maximum absolute atomic E-state index is 11.8. The van der Waals surface area contributed by atoms with Crippen molar-refractivity contribution in [2.45, 2.75) is 6.92 Å². The molecule has 1 aromatic carbocycles. The molecule has 1 amide bonds. The maximum atomic E-state index is 11.8. The largest absolute Gasteiger partial charge is 0.374 e. The Bertz CT molecular complexity index is 569. The summed E-state index contributed by atoms with van der Waals surface area (Å²) in [5, 5.41) is 10.5. The van der Waals surface area contributed by atoms with Gasteiger partial charge in [0, 0.05) is 4.47 Å². The summed E-state index contributed by atoms with van der Waals surface area (Å²) in [6.45, 7) is 1.95. The molecule has 17 heavy (non-hydrogen) atoms. The lowest BCUT2D eigenvalue weighted by molar-refractivity contribution is 0.102. The van der Waals surface area contributed by atoms with Gasteiger partial charge in [-0.1, -0.05) is 23.5 Å². The van der Waals surface area contributed by atoms with Crippen molar-refractivity contribution in [1.82, 2.24) is 10.2 Å². The van der Waals surface area contributed by atoms with Gasteiger partial charge in [0.1, 0.15) is 0 Å². The molecule has 0 saturated heterocycles. The molecule has 2 aromatic rings. The Morgan fingerprint density at radius 1 is 1.47 bits per heavy atom. The third-order valence-corrected chi connectivity index (χ3v) is 3.88. The number of nitrogen functional groups attached to an aromatic ring is 1. The van der Waals surface area contributed by atoms with Gasteiger partial charge in [0.25, 0.3) is 5.91 Å². The van der Waals surface area contributed by atoms with Gasteiger partial charge in [-0.25, -0.2) is 0 Å². The first-order valence-corrected chi connectivity index (χ1v) is 6.34. The average Bonchev–Trinajstić information content (AvgIpc) is 2.72. The molecule has 3 N–H and O–H groups in total. The second-order valence-corrected chi connectivity index (χ2v) is 5.14. The van der Waals surface area contributed by atoms with E-state index < -0.39 is 0 Å². The third kappa shape index (κ3) is 2.62. The molecule has 88 valence electrons. The van der Waals surface area contributed by atoms with Crippen molar-refractivity contribution in [3.63, 3.8) is 0 Å². The summed E-state index contributed by atoms with van der Waals surface area (Å²) >= 11 is 4.47. The minimum Gasteiger partial charge on any atom is -0.374 e. The lowest BCUT2D eigenvalue weighted by Crippen LogP contribution is -2.12. The van der Waals surface area contributed by atoms with Gasteiger partial charge in [0.05, 0.1) is 5.69 Å². The molecule has 2 rings (SSSR count). The summed E-state index contributed by atoms with van der Waals surface area (Å²) in [6.07, 6.45) is 0. The van der Waals surface area contributed by atoms with Gasteiger partial charge >= 0.3 is 0 Å². The smallest absolute Gasteiger partial charge is 0.286 e. The molecular formula is C10H9BrN4OS. The summed E-state index contributed by atoms with van der Waals surface area (Å²) in [5.74, 6) is -0.314. The molecule has 0 aliphatic carbocycles. The van der Waals surface area contributed by atoms with Gasteiger partial charge in [-0.05, 0) is 34.5 Å². The molecule has 0 radical (unpaired) electrons. The zero-order valence-electron chi connectivity index (χ0n) is 8.90. The molecule has 0 unspecified atom stereocenters. The first-order chi connectivity index (χ1) is 8.08. The summed E-state index contributed by atoms with van der Waals surface area (Å²) in [4.78, 5) is 11.8. The van der Waals surface area contributed by atoms with Gasteiger partial charge in [-0.2, -0.15) is 0 Å². The van der Waals surface area contributed by atoms with E-state index in [1.807, 2.05) is 19.1 Å². The number of carbonyl (C=O) groups is 1. The number of amides is 1. The van der Waals surface area contributed by atoms with E-state index in [4.69, 9.17) is 5.73 Å². The number of halogens is 1. The molecule has 7 heteroatoms. The van der Waals surface area contributed by atoms with Crippen molar-refractivity contribution < 1.29 is 4.79 Å². The molecule has 0 bridgehead atoms. The van der Waals surface area contributed by atoms with Crippen molar-refractivity contribution in [3.05, 3.63) is 33.2 Å². The Labute approximate surface area is 110 Å². The lowest BCUT2D eigenvalue weighted by atomic mass is 10.2. The second kappa shape index (κ2) is 4.80. The van der Waals surface area contributed by atoms with E-state index in [0.29, 0.717) is 5.69 Å². The van der Waals surface area contributed by atoms with E-state index in [-0.39, 0.29) is 16.0 Å². The zero-order chi connectivity index (χ0) is 12.4. The highest BCUT2D eigenvalue weighted by Gasteiger charge is 2.13. The SMILES string of the molecule is Cc1cccc(NC(=O)c2nnc(N)s2)c1Br. The van der Waals surface area contributed by atoms with Crippen LogP contribution in [0.1, 0.15) is 15.4 Å². The van der Waals surface area contributed by atoms with Crippen LogP contribution in [0.4, 0.5) is 10.8 Å². The van der Waals surface area contributed by atoms with Crippen LogP contribution >= 0.6 is 27.3 Å². The third-order valence-electron chi connectivity index (χ3n) is 2.07. The molecule has 1 heterocycles. The summed E-state index contributed by atoms with van der Waals surface area (Å²) in [7, 11) is 0. The number of benzene rings is 1. The Kier molecular flexibility index (Phi) is 3.39. The highest BCUT2D eigenvalue weighted by Crippen LogP contribution is 2.26. The zero-order valence-corrected chi connectivity index (χ0v) is 11.3. The van der Waals surface area contributed by atoms with Crippen molar-refractivity contribution in [2.24, 2.45) is 0 Å². The van der Waals surface area contributed by atoms with Crippen LogP contribution in [0.3, 0.4) is 0 Å². The summed E-state index contributed by atoms with van der Waals surface area (Å²) in [5.41, 5.74) is 7.16. The van der Waals surface area contributed by atoms with Gasteiger partial charge in [-0.15, -0.1) is 10.2 Å². The molecule has 1 aromatic heterocycles. The summed E-state index contributed by atoms with van der Waals surface area (Å²) in [6, 6.07) is 5.62. The van der Waals surface area contributed by atoms with Crippen LogP contribution < -0.4 is 11.1 Å². The quantitative estimate of drug-likeness (QED) is 0.892. The standard InChI is InChI=1S/C10H9BrN4OS/c1-5-3-2-4-6(7(5)11)13-8(16)9-14-15-10(12)17-9/h2-4H,1H3,(H2,12,15)(H,13,16). The van der Waals surface area contributed by atoms with Crippen LogP contribution in [-0.4, -0.2) is 16.1 Å². The number of carbonyl (C=O) groups excluding carboxylic acids is 1. The van der Waals surface area contributed by atoms with Crippen molar-refractivity contribution in [2.75, 3.05) is 11.1 Å². The van der Waals surface area contributed by atoms with Crippen molar-refractivity contribution in [3.8, 4) is 0 Å². The Hall–Kier alpha value is -1.47. The number of aryl methyl sites for hydroxylation is 1. The van der Waals surface area contributed by atoms with Crippen molar-refractivity contribution in [1.29, 1.82) is 0 Å². The van der Waals surface area contributed by atoms with Gasteiger partial charge in [0.2, 0.25) is 10.1 Å². The highest BCUT2D eigenvalue weighted by atomic mass is 79.9. The molecule has 0 aliphatic heterocycles. The Morgan fingerprint density at radius 3 is 2.88 bits per heavy atom. The van der Waals surface area contributed by atoms with Gasteiger partial charge in [-0.3, -0.25) is 4.79 Å². The van der Waals surface area contributed by atoms with Gasteiger partial charge in [0.15, 0.2) is 0 Å². The lowest BCUT2D eigenvalue weighted by Gasteiger charge is -2.07. The number of nitrogens with one attached hydrogen (secondary N) is 1. The predicted molar refractivity (Wildman–Crippen MR) is 71.2 cm³/mol. The number of hydrogen-bond acceptors (Lipinski definition) is 5. The minimum absolute atomic E-state index is 0.246. The number of hydrogen-bond donors (Lipinski definition) is 2. The number of nitrogens with two attached hydrogens (primary N) is 1. The van der Waals surface area contributed by atoms with Gasteiger partial charge < -0.3 is 11.1 Å². The molecular weight excluding hydrogens is 304 g/mol. The fraction of sp³-hybridized carbons (Fsp3) is 0.100. The first-order valence-electron chi connectivity index (χ1n) is 4.73. The van der Waals surface area contributed by atoms with E-state index in [1.165, 1.54) is 0 Å². The fourth-order valence-electron chi connectivity index (χ4n) is 1.25. The molecule has 0 atom stereocenters. The van der Waals surface area contributed by atoms with E-state index in [1.54, 1.807) is 6.07 Å². The van der Waals surface area contributed by atoms with Crippen LogP contribution in [0, 0.1) is 6.92 Å². The van der Waals surface area contributed by atoms with Crippen LogP contribution in [0.25, 0.3) is 0 Å². The first kappa shape index (κ1) is 12.0. The minimum atomic E-state index is -0.314. The van der Waals surface area contributed by atoms with E-state index in [0.717, 1.165) is 21.4 Å². The van der Waals surface area contributed by atoms with Crippen LogP contribution in [0.5, 0.6) is 0 Å². The molecule has 0 aliphatic rings. The van der Waals surface area contributed by atoms with E-state index in [2.05, 4.69) is 31.4 Å². The highest BCUT2D eigenvalue weighted by molar-refractivity contribution is 9.10. The molecule has 0 spiro atoms. The topological polar surface area (TPSA) is 80.9 Å². The van der Waals surface area contributed by atoms with E-state index >= 15 is 0 Å². The van der Waals surface area contributed by atoms with Crippen LogP contribution in [0.2, 0.25) is 0 Å². The number of nitrogens with zero attached hydrogens (tertiary/aromatic N) is 2. The number of rotatable bonds is 2. The second-order valence-electron chi connectivity index (χ2n) is 3.34. The van der Waals surface area contributed by atoms with Crippen LogP contribution in [0.15, 0.2) is 22.7 Å². The predicted octanol–water partition coefficient (Wildman–Crippen LogP) is 2.44. The van der Waals surface area contributed by atoms with Crippen LogP contribution in [-0.2, 0) is 0 Å². The Balaban J connectivity index is 2.21. The molecule has 0 fully saturated rings. The maximum Gasteiger partial charge on any atom is 0.286 e. The molecule has 0 saturated carbocycles.